The van der Waals surface area contributed by atoms with Crippen LogP contribution in [0.3, 0.4) is 0 Å². The van der Waals surface area contributed by atoms with E-state index in [0.717, 1.165) is 34.7 Å². The Hall–Kier alpha value is -2.48. The number of hydrazone groups is 1. The summed E-state index contributed by atoms with van der Waals surface area (Å²) in [6, 6.07) is 8.80. The van der Waals surface area contributed by atoms with Gasteiger partial charge in [-0.1, -0.05) is 36.3 Å². The van der Waals surface area contributed by atoms with E-state index in [0.29, 0.717) is 35.5 Å². The second-order valence-electron chi connectivity index (χ2n) is 8.55. The molecule has 1 N–H and O–H groups in total. The highest BCUT2D eigenvalue weighted by Gasteiger charge is 2.38. The van der Waals surface area contributed by atoms with Crippen molar-refractivity contribution in [1.82, 2.24) is 9.73 Å². The monoisotopic (exact) mass is 488 g/mol. The lowest BCUT2D eigenvalue weighted by atomic mass is 9.96. The summed E-state index contributed by atoms with van der Waals surface area (Å²) in [5, 5.41) is 5.05. The van der Waals surface area contributed by atoms with Gasteiger partial charge in [0.05, 0.1) is 12.4 Å². The standard InChI is InChI=1S/C25H30ClFN4OS/c1-7-12-30-15-31(33(5,6)24-11-9-19(26)13-22(24)30)23(25-29-28-18(4)32-25)14-20-17(3)16(2)8-10-21(20)27/h8-11,13,23,28H,4-7,12,14-15H2,1-3H3. The smallest absolute Gasteiger partial charge is 0.232 e. The number of halogens is 2. The fourth-order valence-corrected chi connectivity index (χ4v) is 6.70. The minimum Gasteiger partial charge on any atom is -0.423 e. The van der Waals surface area contributed by atoms with Gasteiger partial charge in [0.25, 0.3) is 0 Å². The number of nitrogens with zero attached hydrogens (tertiary/aromatic N) is 3. The molecule has 8 heteroatoms. The number of rotatable bonds is 6. The maximum absolute atomic E-state index is 15.0. The molecule has 0 saturated heterocycles. The lowest BCUT2D eigenvalue weighted by Crippen LogP contribution is -2.49. The molecule has 0 radical (unpaired) electrons. The number of hydrogen-bond acceptors (Lipinski definition) is 5. The van der Waals surface area contributed by atoms with Gasteiger partial charge in [-0.15, -0.1) is 14.5 Å². The molecule has 1 atom stereocenters. The lowest BCUT2D eigenvalue weighted by molar-refractivity contribution is 0.333. The molecule has 176 valence electrons. The molecule has 0 bridgehead atoms. The van der Waals surface area contributed by atoms with Crippen LogP contribution >= 0.6 is 21.0 Å². The number of nitrogens with one attached hydrogen (secondary N) is 1. The average Bonchev–Trinajstić information content (AvgIpc) is 3.19. The van der Waals surface area contributed by atoms with Crippen LogP contribution in [0.5, 0.6) is 0 Å². The van der Waals surface area contributed by atoms with Crippen molar-refractivity contribution in [2.45, 2.75) is 44.6 Å². The SMILES string of the molecule is C=C1NN=C(C(Cc2c(F)ccc(C)c2C)N2CN(CCC)c3cc(Cl)ccc3S2(=C)=C)O1. The van der Waals surface area contributed by atoms with Crippen LogP contribution in [0.1, 0.15) is 30.0 Å². The number of anilines is 1. The van der Waals surface area contributed by atoms with Gasteiger partial charge < -0.3 is 9.64 Å². The van der Waals surface area contributed by atoms with Gasteiger partial charge in [0, 0.05) is 22.9 Å². The summed E-state index contributed by atoms with van der Waals surface area (Å²) in [5.41, 5.74) is 6.45. The molecule has 0 aliphatic carbocycles. The summed E-state index contributed by atoms with van der Waals surface area (Å²) in [4.78, 5) is 3.30. The van der Waals surface area contributed by atoms with Crippen LogP contribution in [0.25, 0.3) is 0 Å². The normalized spacial score (nSPS) is 18.4. The fourth-order valence-electron chi connectivity index (χ4n) is 4.37. The van der Waals surface area contributed by atoms with Gasteiger partial charge in [0.15, 0.2) is 0 Å². The Kier molecular flexibility index (Phi) is 6.49. The van der Waals surface area contributed by atoms with Crippen LogP contribution in [0, 0.1) is 19.7 Å². The molecule has 2 heterocycles. The van der Waals surface area contributed by atoms with Gasteiger partial charge in [-0.3, -0.25) is 0 Å². The maximum atomic E-state index is 15.0. The molecule has 4 rings (SSSR count). The van der Waals surface area contributed by atoms with E-state index in [1.54, 1.807) is 6.07 Å². The van der Waals surface area contributed by atoms with E-state index in [1.165, 1.54) is 6.07 Å². The first-order valence-corrected chi connectivity index (χ1v) is 13.2. The van der Waals surface area contributed by atoms with Crippen LogP contribution < -0.4 is 10.3 Å². The molecule has 2 aromatic rings. The molecule has 0 fully saturated rings. The van der Waals surface area contributed by atoms with Crippen molar-refractivity contribution < 1.29 is 9.13 Å². The number of hydrogen-bond donors (Lipinski definition) is 1. The Morgan fingerprint density at radius 2 is 2.03 bits per heavy atom. The largest absolute Gasteiger partial charge is 0.423 e. The molecule has 0 spiro atoms. The first-order chi connectivity index (χ1) is 15.6. The van der Waals surface area contributed by atoms with Gasteiger partial charge in [0.2, 0.25) is 11.8 Å². The molecule has 0 amide bonds. The summed E-state index contributed by atoms with van der Waals surface area (Å²) in [5.74, 6) is 9.70. The highest BCUT2D eigenvalue weighted by molar-refractivity contribution is 8.26. The van der Waals surface area contributed by atoms with Gasteiger partial charge in [-0.2, -0.15) is 0 Å². The Balaban J connectivity index is 1.84. The third-order valence-electron chi connectivity index (χ3n) is 6.28. The Bertz CT molecular complexity index is 1240. The number of fused-ring (bicyclic) bond motifs is 1. The van der Waals surface area contributed by atoms with E-state index < -0.39 is 9.39 Å². The summed E-state index contributed by atoms with van der Waals surface area (Å²) < 4.78 is 23.1. The lowest BCUT2D eigenvalue weighted by Gasteiger charge is -2.46. The van der Waals surface area contributed by atoms with Crippen LogP contribution in [-0.2, 0) is 11.2 Å². The van der Waals surface area contributed by atoms with E-state index >= 15 is 4.39 Å². The van der Waals surface area contributed by atoms with E-state index in [-0.39, 0.29) is 11.9 Å². The zero-order valence-electron chi connectivity index (χ0n) is 19.3. The molecule has 1 unspecified atom stereocenters. The molecule has 33 heavy (non-hydrogen) atoms. The second-order valence-corrected chi connectivity index (χ2v) is 11.6. The van der Waals surface area contributed by atoms with Crippen molar-refractivity contribution >= 4 is 44.3 Å². The summed E-state index contributed by atoms with van der Waals surface area (Å²) in [7, 11) is -1.97. The molecule has 0 saturated carbocycles. The topological polar surface area (TPSA) is 40.1 Å². The fraction of sp³-hybridized carbons (Fsp3) is 0.320. The molecule has 0 aromatic heterocycles. The summed E-state index contributed by atoms with van der Waals surface area (Å²) in [6.07, 6.45) is 1.33. The predicted octanol–water partition coefficient (Wildman–Crippen LogP) is 5.54. The maximum Gasteiger partial charge on any atom is 0.232 e. The number of aryl methyl sites for hydroxylation is 1. The predicted molar refractivity (Wildman–Crippen MR) is 140 cm³/mol. The minimum atomic E-state index is -1.97. The van der Waals surface area contributed by atoms with Gasteiger partial charge >= 0.3 is 0 Å². The van der Waals surface area contributed by atoms with E-state index in [1.807, 2.05) is 32.0 Å². The molecule has 5 nitrogen and oxygen atoms in total. The summed E-state index contributed by atoms with van der Waals surface area (Å²) >= 11 is 6.34. The Morgan fingerprint density at radius 3 is 2.70 bits per heavy atom. The molecular formula is C25H30ClFN4OS. The zero-order valence-corrected chi connectivity index (χ0v) is 20.9. The Morgan fingerprint density at radius 1 is 1.27 bits per heavy atom. The van der Waals surface area contributed by atoms with Crippen molar-refractivity contribution in [3.63, 3.8) is 0 Å². The van der Waals surface area contributed by atoms with Crippen molar-refractivity contribution in [3.05, 3.63) is 70.3 Å². The Labute approximate surface area is 201 Å². The highest BCUT2D eigenvalue weighted by Crippen LogP contribution is 2.49. The van der Waals surface area contributed by atoms with Crippen LogP contribution in [0.15, 0.2) is 52.8 Å². The van der Waals surface area contributed by atoms with Gasteiger partial charge in [0.1, 0.15) is 11.9 Å². The van der Waals surface area contributed by atoms with Crippen molar-refractivity contribution in [3.8, 4) is 0 Å². The first kappa shape index (κ1) is 23.7. The van der Waals surface area contributed by atoms with Gasteiger partial charge in [-0.05, 0) is 67.8 Å². The van der Waals surface area contributed by atoms with Crippen molar-refractivity contribution in [1.29, 1.82) is 0 Å². The molecule has 2 aliphatic rings. The number of ether oxygens (including phenoxy) is 1. The molecule has 2 aliphatic heterocycles. The van der Waals surface area contributed by atoms with Crippen LogP contribution in [0.2, 0.25) is 5.02 Å². The van der Waals surface area contributed by atoms with E-state index in [4.69, 9.17) is 16.3 Å². The average molecular weight is 489 g/mol. The number of benzene rings is 2. The van der Waals surface area contributed by atoms with Gasteiger partial charge in [-0.25, -0.2) is 14.1 Å². The van der Waals surface area contributed by atoms with Crippen LogP contribution in [-0.4, -0.2) is 41.2 Å². The molecule has 2 aromatic carbocycles. The second kappa shape index (κ2) is 9.05. The van der Waals surface area contributed by atoms with Crippen molar-refractivity contribution in [2.75, 3.05) is 18.1 Å². The quantitative estimate of drug-likeness (QED) is 0.542. The van der Waals surface area contributed by atoms with E-state index in [2.05, 4.69) is 45.0 Å². The van der Waals surface area contributed by atoms with Crippen LogP contribution in [0.4, 0.5) is 10.1 Å². The summed E-state index contributed by atoms with van der Waals surface area (Å²) in [6.45, 7) is 11.3. The third-order valence-corrected chi connectivity index (χ3v) is 8.95. The highest BCUT2D eigenvalue weighted by atomic mass is 35.5. The zero-order chi connectivity index (χ0) is 23.9. The first-order valence-electron chi connectivity index (χ1n) is 10.9. The third kappa shape index (κ3) is 4.37. The molecular weight excluding hydrogens is 459 g/mol. The minimum absolute atomic E-state index is 0.239. The van der Waals surface area contributed by atoms with E-state index in [9.17, 15) is 0 Å². The van der Waals surface area contributed by atoms with Crippen molar-refractivity contribution in [2.24, 2.45) is 5.10 Å².